The molecule has 9 heteroatoms. The van der Waals surface area contributed by atoms with Gasteiger partial charge in [-0.15, -0.1) is 0 Å². The molecule has 0 atom stereocenters. The number of amides is 1. The topological polar surface area (TPSA) is 102 Å². The van der Waals surface area contributed by atoms with Crippen LogP contribution in [-0.2, 0) is 30.8 Å². The molecule has 2 aromatic carbocycles. The van der Waals surface area contributed by atoms with Gasteiger partial charge in [-0.3, -0.25) is 9.59 Å². The molecule has 1 amide bonds. The highest BCUT2D eigenvalue weighted by atomic mass is 32.2. The van der Waals surface area contributed by atoms with E-state index in [1.165, 1.54) is 19.2 Å². The summed E-state index contributed by atoms with van der Waals surface area (Å²) < 4.78 is 36.5. The molecule has 0 unspecified atom stereocenters. The standard InChI is InChI=1S/C21H26N2O6S/c1-4-28-18-10-12-19(13-11-18)30(26,27)23(3)15-20(24)22-17-8-6-16(7-9-17)14-21(25)29-5-2/h6-13H,4-5,14-15H2,1-3H3,(H,22,24). The fourth-order valence-corrected chi connectivity index (χ4v) is 3.75. The highest BCUT2D eigenvalue weighted by molar-refractivity contribution is 7.89. The first-order chi connectivity index (χ1) is 14.3. The summed E-state index contributed by atoms with van der Waals surface area (Å²) in [5, 5.41) is 2.65. The molecule has 0 saturated heterocycles. The molecule has 8 nitrogen and oxygen atoms in total. The van der Waals surface area contributed by atoms with Gasteiger partial charge in [0, 0.05) is 12.7 Å². The predicted molar refractivity (Wildman–Crippen MR) is 113 cm³/mol. The van der Waals surface area contributed by atoms with Crippen molar-refractivity contribution >= 4 is 27.6 Å². The molecule has 0 aliphatic rings. The van der Waals surface area contributed by atoms with Crippen molar-refractivity contribution in [2.24, 2.45) is 0 Å². The Morgan fingerprint density at radius 3 is 2.17 bits per heavy atom. The van der Waals surface area contributed by atoms with Crippen LogP contribution in [0.3, 0.4) is 0 Å². The number of likely N-dealkylation sites (N-methyl/N-ethyl adjacent to an activating group) is 1. The second kappa shape index (κ2) is 10.7. The summed E-state index contributed by atoms with van der Waals surface area (Å²) in [5.74, 6) is -0.233. The van der Waals surface area contributed by atoms with Gasteiger partial charge in [0.25, 0.3) is 0 Å². The smallest absolute Gasteiger partial charge is 0.310 e. The number of carbonyl (C=O) groups excluding carboxylic acids is 2. The number of nitrogens with zero attached hydrogens (tertiary/aromatic N) is 1. The molecule has 2 rings (SSSR count). The van der Waals surface area contributed by atoms with Gasteiger partial charge in [-0.05, 0) is 55.8 Å². The van der Waals surface area contributed by atoms with Crippen molar-refractivity contribution in [3.63, 3.8) is 0 Å². The van der Waals surface area contributed by atoms with E-state index in [1.54, 1.807) is 43.3 Å². The Bertz CT molecular complexity index is 956. The minimum atomic E-state index is -3.82. The highest BCUT2D eigenvalue weighted by Gasteiger charge is 2.23. The number of anilines is 1. The van der Waals surface area contributed by atoms with Gasteiger partial charge in [-0.2, -0.15) is 4.31 Å². The lowest BCUT2D eigenvalue weighted by Crippen LogP contribution is -2.34. The molecule has 0 fully saturated rings. The van der Waals surface area contributed by atoms with Crippen LogP contribution in [0, 0.1) is 0 Å². The Morgan fingerprint density at radius 2 is 1.60 bits per heavy atom. The van der Waals surface area contributed by atoms with Crippen LogP contribution in [-0.4, -0.2) is 51.4 Å². The van der Waals surface area contributed by atoms with E-state index < -0.39 is 15.9 Å². The predicted octanol–water partition coefficient (Wildman–Crippen LogP) is 2.45. The number of ether oxygens (including phenoxy) is 2. The number of sulfonamides is 1. The lowest BCUT2D eigenvalue weighted by atomic mass is 10.1. The first-order valence-electron chi connectivity index (χ1n) is 9.49. The Balaban J connectivity index is 1.95. The van der Waals surface area contributed by atoms with E-state index in [1.807, 2.05) is 6.92 Å². The van der Waals surface area contributed by atoms with Crippen molar-refractivity contribution in [3.05, 3.63) is 54.1 Å². The molecule has 0 spiro atoms. The minimum Gasteiger partial charge on any atom is -0.494 e. The van der Waals surface area contributed by atoms with E-state index in [2.05, 4.69) is 5.32 Å². The summed E-state index contributed by atoms with van der Waals surface area (Å²) in [6.45, 7) is 4.03. The maximum atomic E-state index is 12.7. The van der Waals surface area contributed by atoms with E-state index in [0.29, 0.717) is 24.7 Å². The van der Waals surface area contributed by atoms with Gasteiger partial charge < -0.3 is 14.8 Å². The van der Waals surface area contributed by atoms with Gasteiger partial charge in [-0.25, -0.2) is 8.42 Å². The molecular formula is C21H26N2O6S. The fourth-order valence-electron chi connectivity index (χ4n) is 2.63. The van der Waals surface area contributed by atoms with Crippen LogP contribution in [0.1, 0.15) is 19.4 Å². The van der Waals surface area contributed by atoms with Gasteiger partial charge in [0.15, 0.2) is 0 Å². The summed E-state index contributed by atoms with van der Waals surface area (Å²) in [6.07, 6.45) is 0.144. The molecule has 0 radical (unpaired) electrons. The zero-order chi connectivity index (χ0) is 22.1. The molecule has 0 aromatic heterocycles. The first-order valence-corrected chi connectivity index (χ1v) is 10.9. The summed E-state index contributed by atoms with van der Waals surface area (Å²) >= 11 is 0. The third kappa shape index (κ3) is 6.57. The van der Waals surface area contributed by atoms with Crippen LogP contribution in [0.5, 0.6) is 5.75 Å². The van der Waals surface area contributed by atoms with Crippen LogP contribution >= 0.6 is 0 Å². The number of hydrogen-bond acceptors (Lipinski definition) is 6. The molecule has 0 aliphatic carbocycles. The SMILES string of the molecule is CCOC(=O)Cc1ccc(NC(=O)CN(C)S(=O)(=O)c2ccc(OCC)cc2)cc1. The average Bonchev–Trinajstić information content (AvgIpc) is 2.70. The van der Waals surface area contributed by atoms with Gasteiger partial charge in [-0.1, -0.05) is 12.1 Å². The summed E-state index contributed by atoms with van der Waals surface area (Å²) in [7, 11) is -2.48. The lowest BCUT2D eigenvalue weighted by molar-refractivity contribution is -0.142. The molecule has 0 heterocycles. The van der Waals surface area contributed by atoms with Crippen LogP contribution in [0.15, 0.2) is 53.4 Å². The zero-order valence-corrected chi connectivity index (χ0v) is 18.1. The molecule has 0 bridgehead atoms. The Hall–Kier alpha value is -2.91. The molecular weight excluding hydrogens is 408 g/mol. The summed E-state index contributed by atoms with van der Waals surface area (Å²) in [6, 6.07) is 12.7. The number of esters is 1. The average molecular weight is 435 g/mol. The van der Waals surface area contributed by atoms with Gasteiger partial charge in [0.1, 0.15) is 5.75 Å². The van der Waals surface area contributed by atoms with Crippen LogP contribution < -0.4 is 10.1 Å². The van der Waals surface area contributed by atoms with Gasteiger partial charge >= 0.3 is 5.97 Å². The van der Waals surface area contributed by atoms with Crippen molar-refractivity contribution in [1.82, 2.24) is 4.31 Å². The number of benzene rings is 2. The summed E-state index contributed by atoms with van der Waals surface area (Å²) in [5.41, 5.74) is 1.25. The third-order valence-corrected chi connectivity index (χ3v) is 5.92. The first kappa shape index (κ1) is 23.4. The molecule has 1 N–H and O–H groups in total. The molecule has 0 aliphatic heterocycles. The van der Waals surface area contributed by atoms with Gasteiger partial charge in [0.05, 0.1) is 31.1 Å². The zero-order valence-electron chi connectivity index (χ0n) is 17.3. The van der Waals surface area contributed by atoms with Crippen LogP contribution in [0.4, 0.5) is 5.69 Å². The lowest BCUT2D eigenvalue weighted by Gasteiger charge is -2.17. The summed E-state index contributed by atoms with van der Waals surface area (Å²) in [4.78, 5) is 23.8. The van der Waals surface area contributed by atoms with Gasteiger partial charge in [0.2, 0.25) is 15.9 Å². The maximum Gasteiger partial charge on any atom is 0.310 e. The van der Waals surface area contributed by atoms with Crippen LogP contribution in [0.2, 0.25) is 0 Å². The van der Waals surface area contributed by atoms with E-state index >= 15 is 0 Å². The Labute approximate surface area is 176 Å². The molecule has 0 saturated carbocycles. The minimum absolute atomic E-state index is 0.0737. The quantitative estimate of drug-likeness (QED) is 0.577. The molecule has 162 valence electrons. The number of hydrogen-bond donors (Lipinski definition) is 1. The fraction of sp³-hybridized carbons (Fsp3) is 0.333. The van der Waals surface area contributed by atoms with Crippen molar-refractivity contribution < 1.29 is 27.5 Å². The highest BCUT2D eigenvalue weighted by Crippen LogP contribution is 2.19. The molecule has 2 aromatic rings. The normalized spacial score (nSPS) is 11.2. The van der Waals surface area contributed by atoms with E-state index in [4.69, 9.17) is 9.47 Å². The van der Waals surface area contributed by atoms with Crippen LogP contribution in [0.25, 0.3) is 0 Å². The van der Waals surface area contributed by atoms with Crippen molar-refractivity contribution in [3.8, 4) is 5.75 Å². The van der Waals surface area contributed by atoms with E-state index in [9.17, 15) is 18.0 Å². The third-order valence-electron chi connectivity index (χ3n) is 4.10. The second-order valence-corrected chi connectivity index (χ2v) is 8.44. The monoisotopic (exact) mass is 434 g/mol. The second-order valence-electron chi connectivity index (χ2n) is 6.39. The largest absolute Gasteiger partial charge is 0.494 e. The van der Waals surface area contributed by atoms with Crippen molar-refractivity contribution in [2.45, 2.75) is 25.2 Å². The Morgan fingerprint density at radius 1 is 0.967 bits per heavy atom. The van der Waals surface area contributed by atoms with Crippen molar-refractivity contribution in [2.75, 3.05) is 32.1 Å². The van der Waals surface area contributed by atoms with E-state index in [-0.39, 0.29) is 23.8 Å². The molecule has 30 heavy (non-hydrogen) atoms. The number of nitrogens with one attached hydrogen (secondary N) is 1. The van der Waals surface area contributed by atoms with E-state index in [0.717, 1.165) is 9.87 Å². The number of rotatable bonds is 10. The maximum absolute atomic E-state index is 12.7. The van der Waals surface area contributed by atoms with Crippen molar-refractivity contribution in [1.29, 1.82) is 0 Å². The Kier molecular flexibility index (Phi) is 8.37. The number of carbonyl (C=O) groups is 2.